The minimum absolute atomic E-state index is 0.0124. The van der Waals surface area contributed by atoms with Crippen molar-refractivity contribution in [2.75, 3.05) is 24.6 Å². The Morgan fingerprint density at radius 2 is 1.76 bits per heavy atom. The lowest BCUT2D eigenvalue weighted by Crippen LogP contribution is -2.59. The average molecular weight is 650 g/mol. The number of amides is 3. The summed E-state index contributed by atoms with van der Waals surface area (Å²) in [5, 5.41) is 11.0. The number of para-hydroxylation sites is 1. The number of thioether (sulfide) groups is 1. The molecule has 3 amide bonds. The number of halogens is 1. The highest BCUT2D eigenvalue weighted by Crippen LogP contribution is 2.69. The molecular weight excluding hydrogens is 606 g/mol. The first-order chi connectivity index (χ1) is 21.6. The van der Waals surface area contributed by atoms with Crippen molar-refractivity contribution < 1.29 is 19.5 Å². The van der Waals surface area contributed by atoms with E-state index < -0.39 is 28.7 Å². The largest absolute Gasteiger partial charge is 0.394 e. The number of hydrogen-bond donors (Lipinski definition) is 1. The van der Waals surface area contributed by atoms with Crippen LogP contribution in [0.1, 0.15) is 39.2 Å². The summed E-state index contributed by atoms with van der Waals surface area (Å²) < 4.78 is -0.836. The lowest BCUT2D eigenvalue weighted by Gasteiger charge is -2.42. The summed E-state index contributed by atoms with van der Waals surface area (Å²) in [7, 11) is 0. The fourth-order valence-corrected chi connectivity index (χ4v) is 10.5. The average Bonchev–Trinajstić information content (AvgIpc) is 3.62. The van der Waals surface area contributed by atoms with Gasteiger partial charge in [0, 0.05) is 24.9 Å². The van der Waals surface area contributed by atoms with E-state index in [0.29, 0.717) is 30.2 Å². The van der Waals surface area contributed by atoms with E-state index in [0.717, 1.165) is 12.0 Å². The molecule has 0 aliphatic carbocycles. The minimum atomic E-state index is -0.882. The quantitative estimate of drug-likeness (QED) is 0.277. The van der Waals surface area contributed by atoms with E-state index >= 15 is 0 Å². The summed E-state index contributed by atoms with van der Waals surface area (Å²) in [4.78, 5) is 49.4. The molecule has 3 heterocycles. The number of fused-ring (bicyclic) bond motifs is 1. The van der Waals surface area contributed by atoms with E-state index in [1.165, 1.54) is 0 Å². The van der Waals surface area contributed by atoms with Crippen molar-refractivity contribution in [1.82, 2.24) is 9.80 Å². The van der Waals surface area contributed by atoms with Crippen molar-refractivity contribution in [3.05, 3.63) is 90.5 Å². The van der Waals surface area contributed by atoms with Crippen LogP contribution in [0.25, 0.3) is 0 Å². The van der Waals surface area contributed by atoms with E-state index in [1.54, 1.807) is 50.7 Å². The molecule has 3 saturated heterocycles. The van der Waals surface area contributed by atoms with Crippen LogP contribution >= 0.6 is 23.4 Å². The standard InChI is InChI=1S/C36H44ClN3O4S/c1-6-17-38(21-25-13-9-8-10-14-25)33(42)30-29-20-24(5)36(45-29)31(30)34(43)40(26(22-41)19-23(3)4)32(36)35(44)39(18-7-2)28-16-12-11-15-27(28)37/h6-16,23-24,26,29-32,41H,1-2,17-22H2,3-5H3/t24?,26-,29+,30-,31+,32?,36?/m1/s1. The number of carbonyl (C=O) groups excluding carboxylic acids is 3. The minimum Gasteiger partial charge on any atom is -0.394 e. The van der Waals surface area contributed by atoms with E-state index in [-0.39, 0.29) is 48.0 Å². The maximum Gasteiger partial charge on any atom is 0.251 e. The summed E-state index contributed by atoms with van der Waals surface area (Å²) in [6.45, 7) is 14.7. The highest BCUT2D eigenvalue weighted by atomic mass is 35.5. The van der Waals surface area contributed by atoms with Gasteiger partial charge < -0.3 is 19.8 Å². The van der Waals surface area contributed by atoms with Crippen LogP contribution in [0.4, 0.5) is 5.69 Å². The van der Waals surface area contributed by atoms with Gasteiger partial charge in [0.05, 0.1) is 39.9 Å². The molecule has 3 aliphatic rings. The zero-order chi connectivity index (χ0) is 32.5. The third-order valence-corrected chi connectivity index (χ3v) is 12.0. The van der Waals surface area contributed by atoms with E-state index in [1.807, 2.05) is 56.3 Å². The van der Waals surface area contributed by atoms with Crippen molar-refractivity contribution in [3.63, 3.8) is 0 Å². The molecule has 3 aliphatic heterocycles. The van der Waals surface area contributed by atoms with Gasteiger partial charge in [-0.3, -0.25) is 14.4 Å². The van der Waals surface area contributed by atoms with E-state index in [2.05, 4.69) is 20.1 Å². The molecule has 2 aromatic rings. The Morgan fingerprint density at radius 1 is 1.09 bits per heavy atom. The molecule has 240 valence electrons. The molecule has 2 aromatic carbocycles. The highest BCUT2D eigenvalue weighted by molar-refractivity contribution is 8.02. The number of rotatable bonds is 13. The Morgan fingerprint density at radius 3 is 2.38 bits per heavy atom. The number of hydrogen-bond acceptors (Lipinski definition) is 5. The summed E-state index contributed by atoms with van der Waals surface area (Å²) in [6.07, 6.45) is 4.62. The van der Waals surface area contributed by atoms with E-state index in [9.17, 15) is 19.5 Å². The van der Waals surface area contributed by atoms with Crippen molar-refractivity contribution in [2.24, 2.45) is 23.7 Å². The predicted octanol–water partition coefficient (Wildman–Crippen LogP) is 5.82. The summed E-state index contributed by atoms with van der Waals surface area (Å²) in [6, 6.07) is 15.5. The number of carbonyl (C=O) groups is 3. The number of aliphatic hydroxyl groups is 1. The Balaban J connectivity index is 1.61. The third-order valence-electron chi connectivity index (χ3n) is 9.65. The number of aliphatic hydroxyl groups excluding tert-OH is 1. The molecular formula is C36H44ClN3O4S. The second-order valence-corrected chi connectivity index (χ2v) is 14.9. The van der Waals surface area contributed by atoms with Gasteiger partial charge in [-0.1, -0.05) is 87.0 Å². The summed E-state index contributed by atoms with van der Waals surface area (Å²) in [5.41, 5.74) is 1.54. The SMILES string of the molecule is C=CCN(Cc1ccccc1)C(=O)[C@@H]1[C@@H]2CC(C)C3(S2)C(C(=O)N(CC=C)c2ccccc2Cl)N([C@@H](CO)CC(C)C)C(=O)[C@H]13. The first kappa shape index (κ1) is 33.3. The van der Waals surface area contributed by atoms with Crippen molar-refractivity contribution in [1.29, 1.82) is 0 Å². The molecule has 7 atom stereocenters. The van der Waals surface area contributed by atoms with Crippen LogP contribution in [0.15, 0.2) is 79.9 Å². The van der Waals surface area contributed by atoms with Crippen LogP contribution in [0.2, 0.25) is 5.02 Å². The monoisotopic (exact) mass is 649 g/mol. The zero-order valence-electron chi connectivity index (χ0n) is 26.3. The van der Waals surface area contributed by atoms with Gasteiger partial charge >= 0.3 is 0 Å². The van der Waals surface area contributed by atoms with Crippen LogP contribution in [0, 0.1) is 23.7 Å². The van der Waals surface area contributed by atoms with Crippen LogP contribution in [0.5, 0.6) is 0 Å². The highest BCUT2D eigenvalue weighted by Gasteiger charge is 2.77. The maximum absolute atomic E-state index is 15.0. The Hall–Kier alpha value is -3.07. The van der Waals surface area contributed by atoms with Crippen LogP contribution in [-0.4, -0.2) is 74.4 Å². The van der Waals surface area contributed by atoms with Gasteiger partial charge in [-0.15, -0.1) is 24.9 Å². The predicted molar refractivity (Wildman–Crippen MR) is 182 cm³/mol. The number of likely N-dealkylation sites (tertiary alicyclic amines) is 1. The molecule has 3 unspecified atom stereocenters. The second-order valence-electron chi connectivity index (χ2n) is 12.9. The van der Waals surface area contributed by atoms with Gasteiger partial charge in [-0.25, -0.2) is 0 Å². The third kappa shape index (κ3) is 5.85. The summed E-state index contributed by atoms with van der Waals surface area (Å²) in [5.74, 6) is -1.70. The van der Waals surface area contributed by atoms with Gasteiger partial charge in [0.1, 0.15) is 6.04 Å². The van der Waals surface area contributed by atoms with Crippen LogP contribution in [0.3, 0.4) is 0 Å². The number of anilines is 1. The molecule has 45 heavy (non-hydrogen) atoms. The van der Waals surface area contributed by atoms with Crippen LogP contribution < -0.4 is 4.90 Å². The number of benzene rings is 2. The molecule has 2 bridgehead atoms. The molecule has 0 radical (unpaired) electrons. The van der Waals surface area contributed by atoms with Gasteiger partial charge in [-0.2, -0.15) is 0 Å². The Labute approximate surface area is 276 Å². The van der Waals surface area contributed by atoms with Gasteiger partial charge in [0.15, 0.2) is 0 Å². The van der Waals surface area contributed by atoms with Crippen molar-refractivity contribution in [3.8, 4) is 0 Å². The first-order valence-corrected chi connectivity index (χ1v) is 17.1. The van der Waals surface area contributed by atoms with Gasteiger partial charge in [0.2, 0.25) is 11.8 Å². The lowest BCUT2D eigenvalue weighted by atomic mass is 9.65. The van der Waals surface area contributed by atoms with Crippen LogP contribution in [-0.2, 0) is 20.9 Å². The molecule has 1 spiro atoms. The molecule has 9 heteroatoms. The fraction of sp³-hybridized carbons (Fsp3) is 0.472. The topological polar surface area (TPSA) is 81.2 Å². The number of nitrogens with zero attached hydrogens (tertiary/aromatic N) is 3. The molecule has 0 saturated carbocycles. The normalized spacial score (nSPS) is 27.4. The molecule has 3 fully saturated rings. The van der Waals surface area contributed by atoms with Crippen molar-refractivity contribution in [2.45, 2.75) is 62.2 Å². The van der Waals surface area contributed by atoms with Gasteiger partial charge in [0.25, 0.3) is 5.91 Å². The molecule has 7 nitrogen and oxygen atoms in total. The fourth-order valence-electron chi connectivity index (χ4n) is 7.89. The molecule has 0 aromatic heterocycles. The van der Waals surface area contributed by atoms with E-state index in [4.69, 9.17) is 11.6 Å². The smallest absolute Gasteiger partial charge is 0.251 e. The maximum atomic E-state index is 15.0. The zero-order valence-corrected chi connectivity index (χ0v) is 27.9. The van der Waals surface area contributed by atoms with Gasteiger partial charge in [-0.05, 0) is 42.4 Å². The summed E-state index contributed by atoms with van der Waals surface area (Å²) >= 11 is 8.27. The lowest BCUT2D eigenvalue weighted by molar-refractivity contribution is -0.146. The van der Waals surface area contributed by atoms with Crippen molar-refractivity contribution >= 4 is 46.8 Å². The Kier molecular flexibility index (Phi) is 10.2. The Bertz CT molecular complexity index is 1440. The molecule has 5 rings (SSSR count). The second kappa shape index (κ2) is 13.7. The first-order valence-electron chi connectivity index (χ1n) is 15.8. The molecule has 1 N–H and O–H groups in total.